The third kappa shape index (κ3) is 9.57. The Bertz CT molecular complexity index is 146. The Morgan fingerprint density at radius 3 is 1.71 bits per heavy atom. The molecule has 0 saturated carbocycles. The first-order valence-electron chi connectivity index (χ1n) is 7.43. The van der Waals surface area contributed by atoms with E-state index in [1.165, 1.54) is 39.0 Å². The van der Waals surface area contributed by atoms with Crippen LogP contribution in [0, 0.1) is 0 Å². The Morgan fingerprint density at radius 2 is 1.24 bits per heavy atom. The minimum absolute atomic E-state index is 1.12. The van der Waals surface area contributed by atoms with Gasteiger partial charge in [-0.3, -0.25) is 0 Å². The monoisotopic (exact) mass is 243 g/mol. The van der Waals surface area contributed by atoms with E-state index in [4.69, 9.17) is 0 Å². The van der Waals surface area contributed by atoms with Crippen molar-refractivity contribution in [1.29, 1.82) is 0 Å². The van der Waals surface area contributed by atoms with E-state index in [1.807, 2.05) is 0 Å². The number of hydrogen-bond acceptors (Lipinski definition) is 3. The van der Waals surface area contributed by atoms with Gasteiger partial charge < -0.3 is 15.1 Å². The maximum Gasteiger partial charge on any atom is 0.0107 e. The largest absolute Gasteiger partial charge is 0.314 e. The van der Waals surface area contributed by atoms with Crippen LogP contribution in [0.3, 0.4) is 0 Å². The number of unbranched alkanes of at least 4 members (excludes halogenated alkanes) is 1. The smallest absolute Gasteiger partial charge is 0.0107 e. The first-order valence-corrected chi connectivity index (χ1v) is 7.43. The molecule has 0 radical (unpaired) electrons. The predicted molar refractivity (Wildman–Crippen MR) is 77.7 cm³/mol. The van der Waals surface area contributed by atoms with Crippen LogP contribution in [-0.2, 0) is 0 Å². The minimum atomic E-state index is 1.12. The fourth-order valence-electron chi connectivity index (χ4n) is 1.95. The van der Waals surface area contributed by atoms with Crippen LogP contribution in [0.2, 0.25) is 0 Å². The Labute approximate surface area is 109 Å². The van der Waals surface area contributed by atoms with Crippen LogP contribution in [0.5, 0.6) is 0 Å². The van der Waals surface area contributed by atoms with Gasteiger partial charge in [-0.2, -0.15) is 0 Å². The van der Waals surface area contributed by atoms with Crippen molar-refractivity contribution in [3.05, 3.63) is 0 Å². The fraction of sp³-hybridized carbons (Fsp3) is 1.00. The molecule has 3 nitrogen and oxygen atoms in total. The lowest BCUT2D eigenvalue weighted by atomic mass is 10.3. The molecule has 0 aromatic carbocycles. The van der Waals surface area contributed by atoms with E-state index in [9.17, 15) is 0 Å². The molecule has 0 spiro atoms. The topological polar surface area (TPSA) is 18.5 Å². The summed E-state index contributed by atoms with van der Waals surface area (Å²) in [5, 5.41) is 3.54. The second-order valence-electron chi connectivity index (χ2n) is 4.56. The Balaban J connectivity index is 3.41. The molecule has 1 N–H and O–H groups in total. The lowest BCUT2D eigenvalue weighted by molar-refractivity contribution is 0.272. The number of nitrogens with one attached hydrogen (secondary N) is 1. The van der Waals surface area contributed by atoms with E-state index in [1.54, 1.807) is 0 Å². The summed E-state index contributed by atoms with van der Waals surface area (Å²) in [7, 11) is 0. The SMILES string of the molecule is CCCCN(CC)CCNCCN(CC)CC. The summed E-state index contributed by atoms with van der Waals surface area (Å²) in [6.45, 7) is 18.3. The average molecular weight is 243 g/mol. The molecule has 0 saturated heterocycles. The summed E-state index contributed by atoms with van der Waals surface area (Å²) in [4.78, 5) is 5.00. The quantitative estimate of drug-likeness (QED) is 0.529. The highest BCUT2D eigenvalue weighted by molar-refractivity contribution is 4.60. The second kappa shape index (κ2) is 12.3. The first kappa shape index (κ1) is 16.9. The maximum atomic E-state index is 3.54. The number of nitrogens with zero attached hydrogens (tertiary/aromatic N) is 2. The average Bonchev–Trinajstić information content (AvgIpc) is 2.37. The van der Waals surface area contributed by atoms with Gasteiger partial charge in [0.15, 0.2) is 0 Å². The van der Waals surface area contributed by atoms with Gasteiger partial charge in [-0.1, -0.05) is 34.1 Å². The fourth-order valence-corrected chi connectivity index (χ4v) is 1.95. The molecule has 0 amide bonds. The summed E-state index contributed by atoms with van der Waals surface area (Å²) in [5.74, 6) is 0. The zero-order valence-electron chi connectivity index (χ0n) is 12.5. The summed E-state index contributed by atoms with van der Waals surface area (Å²) in [5.41, 5.74) is 0. The minimum Gasteiger partial charge on any atom is -0.314 e. The Kier molecular flexibility index (Phi) is 12.3. The molecule has 0 aromatic rings. The maximum absolute atomic E-state index is 3.54. The molecule has 0 unspecified atom stereocenters. The number of hydrogen-bond donors (Lipinski definition) is 1. The van der Waals surface area contributed by atoms with Gasteiger partial charge in [-0.05, 0) is 32.6 Å². The zero-order valence-corrected chi connectivity index (χ0v) is 12.5. The highest BCUT2D eigenvalue weighted by atomic mass is 15.1. The standard InChI is InChI=1S/C14H33N3/c1-5-9-12-17(8-4)14-11-15-10-13-16(6-2)7-3/h15H,5-14H2,1-4H3. The van der Waals surface area contributed by atoms with Gasteiger partial charge >= 0.3 is 0 Å². The van der Waals surface area contributed by atoms with Crippen LogP contribution in [-0.4, -0.2) is 62.2 Å². The first-order chi connectivity index (χ1) is 8.28. The molecule has 104 valence electrons. The highest BCUT2D eigenvalue weighted by Crippen LogP contribution is 1.93. The van der Waals surface area contributed by atoms with E-state index in [0.29, 0.717) is 0 Å². The van der Waals surface area contributed by atoms with Gasteiger partial charge in [0.05, 0.1) is 0 Å². The predicted octanol–water partition coefficient (Wildman–Crippen LogP) is 2.04. The van der Waals surface area contributed by atoms with E-state index in [0.717, 1.165) is 26.2 Å². The highest BCUT2D eigenvalue weighted by Gasteiger charge is 2.01. The number of likely N-dealkylation sites (N-methyl/N-ethyl adjacent to an activating group) is 2. The molecular formula is C14H33N3. The van der Waals surface area contributed by atoms with Crippen LogP contribution < -0.4 is 5.32 Å². The molecule has 0 fully saturated rings. The lowest BCUT2D eigenvalue weighted by Crippen LogP contribution is -2.36. The van der Waals surface area contributed by atoms with Crippen molar-refractivity contribution in [2.24, 2.45) is 0 Å². The Hall–Kier alpha value is -0.120. The van der Waals surface area contributed by atoms with E-state index >= 15 is 0 Å². The van der Waals surface area contributed by atoms with Crippen LogP contribution in [0.1, 0.15) is 40.5 Å². The number of rotatable bonds is 12. The summed E-state index contributed by atoms with van der Waals surface area (Å²) in [6, 6.07) is 0. The molecule has 0 aliphatic heterocycles. The van der Waals surface area contributed by atoms with E-state index in [2.05, 4.69) is 42.8 Å². The summed E-state index contributed by atoms with van der Waals surface area (Å²) in [6.07, 6.45) is 2.62. The second-order valence-corrected chi connectivity index (χ2v) is 4.56. The zero-order chi connectivity index (χ0) is 12.9. The van der Waals surface area contributed by atoms with Crippen molar-refractivity contribution in [3.63, 3.8) is 0 Å². The normalized spacial score (nSPS) is 11.6. The van der Waals surface area contributed by atoms with Crippen LogP contribution in [0.25, 0.3) is 0 Å². The van der Waals surface area contributed by atoms with Crippen molar-refractivity contribution in [3.8, 4) is 0 Å². The van der Waals surface area contributed by atoms with Crippen molar-refractivity contribution in [2.75, 3.05) is 52.4 Å². The van der Waals surface area contributed by atoms with E-state index in [-0.39, 0.29) is 0 Å². The van der Waals surface area contributed by atoms with Gasteiger partial charge in [0.1, 0.15) is 0 Å². The van der Waals surface area contributed by atoms with Gasteiger partial charge in [0, 0.05) is 26.2 Å². The van der Waals surface area contributed by atoms with Gasteiger partial charge in [0.25, 0.3) is 0 Å². The lowest BCUT2D eigenvalue weighted by Gasteiger charge is -2.21. The third-order valence-electron chi connectivity index (χ3n) is 3.38. The molecule has 0 heterocycles. The van der Waals surface area contributed by atoms with Crippen LogP contribution >= 0.6 is 0 Å². The van der Waals surface area contributed by atoms with Crippen molar-refractivity contribution >= 4 is 0 Å². The van der Waals surface area contributed by atoms with Crippen molar-refractivity contribution < 1.29 is 0 Å². The van der Waals surface area contributed by atoms with Crippen molar-refractivity contribution in [1.82, 2.24) is 15.1 Å². The molecule has 0 aliphatic carbocycles. The molecule has 17 heavy (non-hydrogen) atoms. The molecular weight excluding hydrogens is 210 g/mol. The summed E-state index contributed by atoms with van der Waals surface area (Å²) >= 11 is 0. The molecule has 0 aromatic heterocycles. The molecule has 3 heteroatoms. The molecule has 0 atom stereocenters. The van der Waals surface area contributed by atoms with Gasteiger partial charge in [-0.25, -0.2) is 0 Å². The van der Waals surface area contributed by atoms with Crippen LogP contribution in [0.4, 0.5) is 0 Å². The van der Waals surface area contributed by atoms with Crippen molar-refractivity contribution in [2.45, 2.75) is 40.5 Å². The third-order valence-corrected chi connectivity index (χ3v) is 3.38. The van der Waals surface area contributed by atoms with Gasteiger partial charge in [0.2, 0.25) is 0 Å². The van der Waals surface area contributed by atoms with Gasteiger partial charge in [-0.15, -0.1) is 0 Å². The summed E-state index contributed by atoms with van der Waals surface area (Å²) < 4.78 is 0. The Morgan fingerprint density at radius 1 is 0.706 bits per heavy atom. The van der Waals surface area contributed by atoms with E-state index < -0.39 is 0 Å². The molecule has 0 bridgehead atoms. The molecule has 0 rings (SSSR count). The molecule has 0 aliphatic rings. The van der Waals surface area contributed by atoms with Crippen LogP contribution in [0.15, 0.2) is 0 Å².